The molecule has 1 fully saturated rings. The zero-order valence-corrected chi connectivity index (χ0v) is 14.7. The monoisotopic (exact) mass is 312 g/mol. The zero-order valence-electron chi connectivity index (χ0n) is 14.7. The number of likely N-dealkylation sites (tertiary alicyclic amines) is 1. The fourth-order valence-corrected chi connectivity index (χ4v) is 2.51. The molecule has 2 aromatic rings. The van der Waals surface area contributed by atoms with Crippen molar-refractivity contribution in [1.29, 1.82) is 0 Å². The molecular weight excluding hydrogens is 280 g/mol. The van der Waals surface area contributed by atoms with Gasteiger partial charge < -0.3 is 10.2 Å². The second-order valence-electron chi connectivity index (χ2n) is 5.58. The first-order chi connectivity index (χ1) is 11.4. The summed E-state index contributed by atoms with van der Waals surface area (Å²) in [5, 5.41) is 3.50. The largest absolute Gasteiger partial charge is 0.314 e. The fourth-order valence-electron chi connectivity index (χ4n) is 2.51. The van der Waals surface area contributed by atoms with Gasteiger partial charge in [0.1, 0.15) is 0 Å². The molecule has 0 aliphatic carbocycles. The van der Waals surface area contributed by atoms with Crippen LogP contribution in [0.2, 0.25) is 0 Å². The van der Waals surface area contributed by atoms with Crippen molar-refractivity contribution in [1.82, 2.24) is 10.2 Å². The molecule has 126 valence electrons. The van der Waals surface area contributed by atoms with Gasteiger partial charge in [-0.1, -0.05) is 86.6 Å². The molecule has 0 saturated carbocycles. The Morgan fingerprint density at radius 2 is 1.04 bits per heavy atom. The number of benzene rings is 2. The molecule has 2 nitrogen and oxygen atoms in total. The van der Waals surface area contributed by atoms with E-state index in [0.29, 0.717) is 0 Å². The van der Waals surface area contributed by atoms with Crippen molar-refractivity contribution < 1.29 is 0 Å². The maximum Gasteiger partial charge on any atom is 0.00912 e. The lowest BCUT2D eigenvalue weighted by Gasteiger charge is -2.31. The molecule has 0 amide bonds. The summed E-state index contributed by atoms with van der Waals surface area (Å²) in [6, 6.07) is 24.8. The summed E-state index contributed by atoms with van der Waals surface area (Å²) >= 11 is 0. The van der Waals surface area contributed by atoms with E-state index < -0.39 is 0 Å². The first-order valence-electron chi connectivity index (χ1n) is 8.82. The highest BCUT2D eigenvalue weighted by molar-refractivity contribution is 4.99. The van der Waals surface area contributed by atoms with Gasteiger partial charge in [0, 0.05) is 6.04 Å². The van der Waals surface area contributed by atoms with Crippen LogP contribution in [0.15, 0.2) is 72.8 Å². The van der Waals surface area contributed by atoms with Gasteiger partial charge in [-0.2, -0.15) is 0 Å². The average molecular weight is 313 g/mol. The lowest BCUT2D eigenvalue weighted by molar-refractivity contribution is 0.208. The van der Waals surface area contributed by atoms with Gasteiger partial charge in [-0.25, -0.2) is 0 Å². The van der Waals surface area contributed by atoms with E-state index in [1.165, 1.54) is 32.5 Å². The quantitative estimate of drug-likeness (QED) is 0.900. The second kappa shape index (κ2) is 14.0. The van der Waals surface area contributed by atoms with E-state index in [1.807, 2.05) is 72.8 Å². The third kappa shape index (κ3) is 10.7. The first kappa shape index (κ1) is 19.4. The van der Waals surface area contributed by atoms with Gasteiger partial charge in [-0.3, -0.25) is 0 Å². The van der Waals surface area contributed by atoms with Gasteiger partial charge in [0.2, 0.25) is 0 Å². The molecule has 2 heteroatoms. The lowest BCUT2D eigenvalue weighted by Crippen LogP contribution is -2.42. The number of hydrogen-bond acceptors (Lipinski definition) is 2. The Bertz CT molecular complexity index is 351. The predicted molar refractivity (Wildman–Crippen MR) is 102 cm³/mol. The first-order valence-corrected chi connectivity index (χ1v) is 8.82. The van der Waals surface area contributed by atoms with E-state index in [4.69, 9.17) is 0 Å². The third-order valence-electron chi connectivity index (χ3n) is 3.86. The molecule has 0 bridgehead atoms. The predicted octanol–water partition coefficient (Wildman–Crippen LogP) is 4.45. The lowest BCUT2D eigenvalue weighted by atomic mass is 10.1. The molecule has 3 rings (SSSR count). The molecule has 2 aromatic carbocycles. The summed E-state index contributed by atoms with van der Waals surface area (Å²) in [6.45, 7) is 9.34. The molecule has 23 heavy (non-hydrogen) atoms. The molecule has 1 saturated heterocycles. The minimum Gasteiger partial charge on any atom is -0.314 e. The third-order valence-corrected chi connectivity index (χ3v) is 3.86. The minimum atomic E-state index is 0.794. The SMILES string of the molecule is CCNC1CCN(CC)CC1.c1ccccc1.c1ccccc1. The summed E-state index contributed by atoms with van der Waals surface area (Å²) in [4.78, 5) is 2.52. The summed E-state index contributed by atoms with van der Waals surface area (Å²) in [5.74, 6) is 0. The van der Waals surface area contributed by atoms with Crippen LogP contribution >= 0.6 is 0 Å². The number of nitrogens with one attached hydrogen (secondary N) is 1. The Morgan fingerprint density at radius 3 is 1.30 bits per heavy atom. The van der Waals surface area contributed by atoms with Crippen molar-refractivity contribution in [2.75, 3.05) is 26.2 Å². The van der Waals surface area contributed by atoms with Gasteiger partial charge in [0.15, 0.2) is 0 Å². The number of nitrogens with zero attached hydrogens (tertiary/aromatic N) is 1. The normalized spacial score (nSPS) is 14.9. The van der Waals surface area contributed by atoms with Gasteiger partial charge in [0.05, 0.1) is 0 Å². The standard InChI is InChI=1S/C9H20N2.2C6H6/c1-3-10-9-5-7-11(4-2)8-6-9;2*1-2-4-6-5-3-1/h9-10H,3-8H2,1-2H3;2*1-6H. The van der Waals surface area contributed by atoms with Crippen molar-refractivity contribution in [2.45, 2.75) is 32.7 Å². The molecule has 0 spiro atoms. The average Bonchev–Trinajstić information content (AvgIpc) is 2.66. The Labute approximate surface area is 142 Å². The maximum absolute atomic E-state index is 3.50. The van der Waals surface area contributed by atoms with Crippen LogP contribution in [0.3, 0.4) is 0 Å². The number of hydrogen-bond donors (Lipinski definition) is 1. The van der Waals surface area contributed by atoms with Crippen LogP contribution in [-0.2, 0) is 0 Å². The van der Waals surface area contributed by atoms with Gasteiger partial charge >= 0.3 is 0 Å². The maximum atomic E-state index is 3.50. The van der Waals surface area contributed by atoms with E-state index in [9.17, 15) is 0 Å². The van der Waals surface area contributed by atoms with E-state index in [2.05, 4.69) is 24.1 Å². The molecule has 0 aromatic heterocycles. The molecular formula is C21H32N2. The molecule has 1 heterocycles. The van der Waals surface area contributed by atoms with E-state index >= 15 is 0 Å². The molecule has 0 atom stereocenters. The van der Waals surface area contributed by atoms with Crippen LogP contribution in [0.25, 0.3) is 0 Å². The van der Waals surface area contributed by atoms with Crippen molar-refractivity contribution in [3.05, 3.63) is 72.8 Å². The van der Waals surface area contributed by atoms with Crippen molar-refractivity contribution in [2.24, 2.45) is 0 Å². The van der Waals surface area contributed by atoms with Crippen LogP contribution in [0.1, 0.15) is 26.7 Å². The molecule has 0 unspecified atom stereocenters. The summed E-state index contributed by atoms with van der Waals surface area (Å²) < 4.78 is 0. The fraction of sp³-hybridized carbons (Fsp3) is 0.429. The Kier molecular flexibility index (Phi) is 11.8. The van der Waals surface area contributed by atoms with Gasteiger partial charge in [-0.05, 0) is 39.0 Å². The van der Waals surface area contributed by atoms with Crippen LogP contribution in [0.4, 0.5) is 0 Å². The van der Waals surface area contributed by atoms with Crippen LogP contribution in [0.5, 0.6) is 0 Å². The summed E-state index contributed by atoms with van der Waals surface area (Å²) in [7, 11) is 0. The Morgan fingerprint density at radius 1 is 0.696 bits per heavy atom. The van der Waals surface area contributed by atoms with Crippen LogP contribution < -0.4 is 5.32 Å². The van der Waals surface area contributed by atoms with Crippen molar-refractivity contribution in [3.8, 4) is 0 Å². The van der Waals surface area contributed by atoms with E-state index in [1.54, 1.807) is 0 Å². The second-order valence-corrected chi connectivity index (χ2v) is 5.58. The van der Waals surface area contributed by atoms with Crippen molar-refractivity contribution >= 4 is 0 Å². The van der Waals surface area contributed by atoms with Gasteiger partial charge in [-0.15, -0.1) is 0 Å². The highest BCUT2D eigenvalue weighted by Gasteiger charge is 2.16. The minimum absolute atomic E-state index is 0.794. The van der Waals surface area contributed by atoms with Crippen LogP contribution in [0, 0.1) is 0 Å². The van der Waals surface area contributed by atoms with E-state index in [-0.39, 0.29) is 0 Å². The number of rotatable bonds is 3. The summed E-state index contributed by atoms with van der Waals surface area (Å²) in [6.07, 6.45) is 2.67. The van der Waals surface area contributed by atoms with Gasteiger partial charge in [0.25, 0.3) is 0 Å². The van der Waals surface area contributed by atoms with E-state index in [0.717, 1.165) is 12.6 Å². The topological polar surface area (TPSA) is 15.3 Å². The van der Waals surface area contributed by atoms with Crippen molar-refractivity contribution in [3.63, 3.8) is 0 Å². The molecule has 1 N–H and O–H groups in total. The molecule has 1 aliphatic heterocycles. The highest BCUT2D eigenvalue weighted by Crippen LogP contribution is 2.08. The highest BCUT2D eigenvalue weighted by atomic mass is 15.1. The zero-order chi connectivity index (χ0) is 16.6. The molecule has 0 radical (unpaired) electrons. The Hall–Kier alpha value is -1.64. The number of piperidine rings is 1. The molecule has 1 aliphatic rings. The van der Waals surface area contributed by atoms with Crippen LogP contribution in [-0.4, -0.2) is 37.1 Å². The summed E-state index contributed by atoms with van der Waals surface area (Å²) in [5.41, 5.74) is 0. The Balaban J connectivity index is 0.000000187. The smallest absolute Gasteiger partial charge is 0.00912 e.